The van der Waals surface area contributed by atoms with Gasteiger partial charge in [-0.3, -0.25) is 0 Å². The lowest BCUT2D eigenvalue weighted by Crippen LogP contribution is -2.36. The second-order valence-corrected chi connectivity index (χ2v) is 16.0. The van der Waals surface area contributed by atoms with Crippen LogP contribution in [-0.4, -0.2) is 6.04 Å². The van der Waals surface area contributed by atoms with Gasteiger partial charge in [0.25, 0.3) is 0 Å². The molecule has 3 heterocycles. The predicted octanol–water partition coefficient (Wildman–Crippen LogP) is 12.5. The number of allylic oxidation sites excluding steroid dienone is 6. The van der Waals surface area contributed by atoms with Gasteiger partial charge in [0.15, 0.2) is 0 Å². The molecule has 0 N–H and O–H groups in total. The van der Waals surface area contributed by atoms with Crippen LogP contribution in [0.15, 0.2) is 157 Å². The van der Waals surface area contributed by atoms with Crippen LogP contribution in [-0.2, 0) is 0 Å². The SMILES string of the molecule is CC12C=CC=CC1N(c1ccccc1)C1=CC3c4cc5c(cc4C=C(c4cccc6c4sc4ccccc46)C3C=C12)sc1ccccc15. The molecule has 48 heavy (non-hydrogen) atoms. The van der Waals surface area contributed by atoms with Crippen LogP contribution in [0.3, 0.4) is 0 Å². The van der Waals surface area contributed by atoms with E-state index in [2.05, 4.69) is 164 Å². The van der Waals surface area contributed by atoms with E-state index in [-0.39, 0.29) is 23.3 Å². The third kappa shape index (κ3) is 3.61. The predicted molar refractivity (Wildman–Crippen MR) is 208 cm³/mol. The number of nitrogens with zero attached hydrogens (tertiary/aromatic N) is 1. The molecular formula is C45H31NS2. The second kappa shape index (κ2) is 9.79. The van der Waals surface area contributed by atoms with E-state index in [0.29, 0.717) is 0 Å². The van der Waals surface area contributed by atoms with Crippen molar-refractivity contribution in [1.82, 2.24) is 0 Å². The Bertz CT molecular complexity index is 2660. The normalized spacial score (nSPS) is 24.0. The lowest BCUT2D eigenvalue weighted by atomic mass is 9.66. The van der Waals surface area contributed by atoms with Crippen molar-refractivity contribution in [2.75, 3.05) is 4.90 Å². The van der Waals surface area contributed by atoms with E-state index in [1.807, 2.05) is 22.7 Å². The molecule has 7 aromatic rings. The lowest BCUT2D eigenvalue weighted by molar-refractivity contribution is 0.491. The number of anilines is 1. The Morgan fingerprint density at radius 1 is 0.646 bits per heavy atom. The zero-order valence-electron chi connectivity index (χ0n) is 26.4. The summed E-state index contributed by atoms with van der Waals surface area (Å²) in [7, 11) is 0. The van der Waals surface area contributed by atoms with E-state index >= 15 is 0 Å². The quantitative estimate of drug-likeness (QED) is 0.180. The highest BCUT2D eigenvalue weighted by atomic mass is 32.1. The average molecular weight is 650 g/mol. The maximum Gasteiger partial charge on any atom is 0.0654 e. The van der Waals surface area contributed by atoms with Crippen molar-refractivity contribution in [2.45, 2.75) is 18.9 Å². The van der Waals surface area contributed by atoms with Crippen molar-refractivity contribution in [2.24, 2.45) is 11.3 Å². The molecule has 11 rings (SSSR count). The number of benzene rings is 5. The highest BCUT2D eigenvalue weighted by Crippen LogP contribution is 2.59. The molecule has 0 amide bonds. The zero-order valence-corrected chi connectivity index (χ0v) is 28.1. The van der Waals surface area contributed by atoms with Crippen LogP contribution < -0.4 is 4.90 Å². The monoisotopic (exact) mass is 649 g/mol. The minimum Gasteiger partial charge on any atom is -0.333 e. The maximum atomic E-state index is 2.66. The van der Waals surface area contributed by atoms with E-state index in [0.717, 1.165) is 0 Å². The summed E-state index contributed by atoms with van der Waals surface area (Å²) in [6, 6.07) is 41.0. The van der Waals surface area contributed by atoms with Gasteiger partial charge in [0.1, 0.15) is 0 Å². The van der Waals surface area contributed by atoms with Gasteiger partial charge >= 0.3 is 0 Å². The van der Waals surface area contributed by atoms with Crippen molar-refractivity contribution in [3.8, 4) is 0 Å². The average Bonchev–Trinajstić information content (AvgIpc) is 3.77. The molecule has 228 valence electrons. The molecule has 1 aliphatic heterocycles. The fourth-order valence-corrected chi connectivity index (χ4v) is 11.4. The van der Waals surface area contributed by atoms with Crippen molar-refractivity contribution < 1.29 is 0 Å². The lowest BCUT2D eigenvalue weighted by Gasteiger charge is -2.37. The van der Waals surface area contributed by atoms with Crippen molar-refractivity contribution in [3.05, 3.63) is 174 Å². The Hall–Kier alpha value is -4.96. The third-order valence-electron chi connectivity index (χ3n) is 11.3. The second-order valence-electron chi connectivity index (χ2n) is 13.8. The Kier molecular flexibility index (Phi) is 5.52. The van der Waals surface area contributed by atoms with Gasteiger partial charge in [-0.25, -0.2) is 0 Å². The molecule has 3 aliphatic carbocycles. The van der Waals surface area contributed by atoms with Crippen molar-refractivity contribution in [1.29, 1.82) is 0 Å². The highest BCUT2D eigenvalue weighted by Gasteiger charge is 2.51. The number of para-hydroxylation sites is 1. The van der Waals surface area contributed by atoms with Crippen LogP contribution in [0.4, 0.5) is 5.69 Å². The van der Waals surface area contributed by atoms with Gasteiger partial charge in [0, 0.05) is 69.0 Å². The zero-order chi connectivity index (χ0) is 31.6. The van der Waals surface area contributed by atoms with Gasteiger partial charge < -0.3 is 4.90 Å². The summed E-state index contributed by atoms with van der Waals surface area (Å²) in [4.78, 5) is 2.60. The summed E-state index contributed by atoms with van der Waals surface area (Å²) in [5.74, 6) is 0.441. The van der Waals surface area contributed by atoms with E-state index in [9.17, 15) is 0 Å². The number of rotatable bonds is 2. The standard InChI is InChI=1S/C45H31NS2/c1-45-21-10-9-20-43(45)46(28-12-3-2-4-13-28)39-26-36-33-24-37-30-15-6-7-18-40(30)47-42(37)23-27(33)22-34(35(36)25-38(39)45)32-17-11-16-31-29-14-5-8-19-41(29)48-44(31)32/h2-26,35-36,43H,1H3. The van der Waals surface area contributed by atoms with Gasteiger partial charge in [-0.05, 0) is 71.2 Å². The molecule has 0 bridgehead atoms. The minimum atomic E-state index is -0.121. The molecule has 0 saturated carbocycles. The van der Waals surface area contributed by atoms with E-state index in [4.69, 9.17) is 0 Å². The first kappa shape index (κ1) is 27.0. The Morgan fingerprint density at radius 2 is 1.40 bits per heavy atom. The highest BCUT2D eigenvalue weighted by molar-refractivity contribution is 7.26. The van der Waals surface area contributed by atoms with Gasteiger partial charge in [-0.15, -0.1) is 22.7 Å². The van der Waals surface area contributed by atoms with E-state index < -0.39 is 0 Å². The van der Waals surface area contributed by atoms with E-state index in [1.165, 1.54) is 79.6 Å². The van der Waals surface area contributed by atoms with Crippen molar-refractivity contribution >= 4 is 80.4 Å². The molecule has 4 aliphatic rings. The first-order valence-corrected chi connectivity index (χ1v) is 18.5. The van der Waals surface area contributed by atoms with Crippen LogP contribution in [0, 0.1) is 11.3 Å². The van der Waals surface area contributed by atoms with Crippen LogP contribution in [0.25, 0.3) is 52.0 Å². The van der Waals surface area contributed by atoms with Crippen LogP contribution >= 0.6 is 22.7 Å². The van der Waals surface area contributed by atoms with Crippen LogP contribution in [0.5, 0.6) is 0 Å². The third-order valence-corrected chi connectivity index (χ3v) is 13.6. The topological polar surface area (TPSA) is 3.24 Å². The minimum absolute atomic E-state index is 0.121. The molecular weight excluding hydrogens is 619 g/mol. The van der Waals surface area contributed by atoms with Crippen LogP contribution in [0.2, 0.25) is 0 Å². The molecule has 0 radical (unpaired) electrons. The van der Waals surface area contributed by atoms with E-state index in [1.54, 1.807) is 0 Å². The molecule has 2 aromatic heterocycles. The molecule has 1 fully saturated rings. The summed E-state index contributed by atoms with van der Waals surface area (Å²) in [5, 5.41) is 5.46. The molecule has 1 saturated heterocycles. The Labute approximate surface area is 287 Å². The fourth-order valence-electron chi connectivity index (χ4n) is 9.04. The summed E-state index contributed by atoms with van der Waals surface area (Å²) in [6.45, 7) is 2.44. The number of hydrogen-bond donors (Lipinski definition) is 0. The van der Waals surface area contributed by atoms with Gasteiger partial charge in [0.2, 0.25) is 0 Å². The van der Waals surface area contributed by atoms with Gasteiger partial charge in [-0.1, -0.05) is 115 Å². The summed E-state index contributed by atoms with van der Waals surface area (Å²) in [5.41, 5.74) is 9.52. The number of fused-ring (bicyclic) bond motifs is 12. The molecule has 3 heteroatoms. The number of thiophene rings is 2. The molecule has 0 spiro atoms. The van der Waals surface area contributed by atoms with Crippen molar-refractivity contribution in [3.63, 3.8) is 0 Å². The Morgan fingerprint density at radius 3 is 2.25 bits per heavy atom. The van der Waals surface area contributed by atoms with Crippen LogP contribution in [0.1, 0.15) is 29.5 Å². The summed E-state index contributed by atoms with van der Waals surface area (Å²) >= 11 is 3.85. The van der Waals surface area contributed by atoms with Gasteiger partial charge in [0.05, 0.1) is 6.04 Å². The first-order chi connectivity index (χ1) is 23.7. The maximum absolute atomic E-state index is 2.66. The van der Waals surface area contributed by atoms with Gasteiger partial charge in [-0.2, -0.15) is 0 Å². The molecule has 5 aromatic carbocycles. The number of hydrogen-bond acceptors (Lipinski definition) is 3. The smallest absolute Gasteiger partial charge is 0.0654 e. The first-order valence-electron chi connectivity index (χ1n) is 16.9. The molecule has 4 atom stereocenters. The fraction of sp³-hybridized carbons (Fsp3) is 0.111. The Balaban J connectivity index is 1.20. The largest absolute Gasteiger partial charge is 0.333 e. The summed E-state index contributed by atoms with van der Waals surface area (Å²) in [6.07, 6.45) is 17.2. The molecule has 1 nitrogen and oxygen atoms in total. The summed E-state index contributed by atoms with van der Waals surface area (Å²) < 4.78 is 5.47. The molecule has 4 unspecified atom stereocenters.